The lowest BCUT2D eigenvalue weighted by Crippen LogP contribution is -2.45. The monoisotopic (exact) mass is 410 g/mol. The lowest BCUT2D eigenvalue weighted by molar-refractivity contribution is -0.142. The highest BCUT2D eigenvalue weighted by Crippen LogP contribution is 2.44. The van der Waals surface area contributed by atoms with Crippen LogP contribution in [0.5, 0.6) is 0 Å². The van der Waals surface area contributed by atoms with E-state index in [4.69, 9.17) is 9.84 Å². The summed E-state index contributed by atoms with van der Waals surface area (Å²) >= 11 is 0. The average molecular weight is 410 g/mol. The molecule has 2 aromatic rings. The van der Waals surface area contributed by atoms with Crippen LogP contribution in [-0.2, 0) is 14.3 Å². The van der Waals surface area contributed by atoms with Crippen LogP contribution >= 0.6 is 0 Å². The molecular formula is C23H26N2O5. The molecule has 0 aliphatic heterocycles. The van der Waals surface area contributed by atoms with Crippen LogP contribution < -0.4 is 10.6 Å². The predicted molar refractivity (Wildman–Crippen MR) is 112 cm³/mol. The van der Waals surface area contributed by atoms with Crippen LogP contribution in [0.3, 0.4) is 0 Å². The third-order valence-corrected chi connectivity index (χ3v) is 5.37. The number of alkyl carbamates (subject to hydrolysis) is 1. The number of amides is 2. The second-order valence-corrected chi connectivity index (χ2v) is 7.42. The van der Waals surface area contributed by atoms with E-state index in [0.717, 1.165) is 22.3 Å². The number of fused-ring (bicyclic) bond motifs is 3. The normalized spacial score (nSPS) is 14.2. The van der Waals surface area contributed by atoms with Gasteiger partial charge in [-0.1, -0.05) is 62.4 Å². The first-order valence-corrected chi connectivity index (χ1v) is 10.0. The van der Waals surface area contributed by atoms with Crippen LogP contribution in [-0.4, -0.2) is 42.3 Å². The quantitative estimate of drug-likeness (QED) is 0.620. The Balaban J connectivity index is 1.53. The minimum atomic E-state index is -1.08. The molecule has 3 N–H and O–H groups in total. The number of rotatable bonds is 8. The lowest BCUT2D eigenvalue weighted by Gasteiger charge is -2.18. The summed E-state index contributed by atoms with van der Waals surface area (Å²) in [4.78, 5) is 35.3. The SMILES string of the molecule is CC[C@@H](NC(=O)C(C)CNC(=O)OCC1c2ccccc2-c2ccccc21)C(=O)O. The summed E-state index contributed by atoms with van der Waals surface area (Å²) in [5.41, 5.74) is 4.55. The highest BCUT2D eigenvalue weighted by Gasteiger charge is 2.29. The second kappa shape index (κ2) is 9.43. The first-order valence-electron chi connectivity index (χ1n) is 10.0. The molecule has 1 unspecified atom stereocenters. The van der Waals surface area contributed by atoms with Crippen molar-refractivity contribution in [1.29, 1.82) is 0 Å². The Labute approximate surface area is 175 Å². The summed E-state index contributed by atoms with van der Waals surface area (Å²) in [5.74, 6) is -2.13. The first-order chi connectivity index (χ1) is 14.4. The first kappa shape index (κ1) is 21.4. The van der Waals surface area contributed by atoms with Crippen molar-refractivity contribution in [2.75, 3.05) is 13.2 Å². The predicted octanol–water partition coefficient (Wildman–Crippen LogP) is 3.14. The minimum absolute atomic E-state index is 0.0373. The number of benzene rings is 2. The summed E-state index contributed by atoms with van der Waals surface area (Å²) in [5, 5.41) is 14.1. The van der Waals surface area contributed by atoms with Gasteiger partial charge in [-0.3, -0.25) is 4.79 Å². The van der Waals surface area contributed by atoms with E-state index < -0.39 is 29.9 Å². The van der Waals surface area contributed by atoms with E-state index in [2.05, 4.69) is 22.8 Å². The molecule has 0 saturated heterocycles. The molecule has 7 heteroatoms. The summed E-state index contributed by atoms with van der Waals surface area (Å²) < 4.78 is 5.43. The molecule has 7 nitrogen and oxygen atoms in total. The van der Waals surface area contributed by atoms with E-state index in [-0.39, 0.29) is 25.5 Å². The third-order valence-electron chi connectivity index (χ3n) is 5.37. The molecule has 0 saturated carbocycles. The summed E-state index contributed by atoms with van der Waals surface area (Å²) in [6.45, 7) is 3.54. The molecule has 1 aliphatic rings. The van der Waals surface area contributed by atoms with Crippen molar-refractivity contribution in [3.05, 3.63) is 59.7 Å². The topological polar surface area (TPSA) is 105 Å². The number of carboxylic acids is 1. The molecule has 0 spiro atoms. The maximum atomic E-state index is 12.2. The fourth-order valence-electron chi connectivity index (χ4n) is 3.63. The standard InChI is InChI=1S/C23H26N2O5/c1-3-20(22(27)28)25-21(26)14(2)12-24-23(29)30-13-19-17-10-6-4-8-15(17)16-9-5-7-11-18(16)19/h4-11,14,19-20H,3,12-13H2,1-2H3,(H,24,29)(H,25,26)(H,27,28)/t14?,20-/m1/s1. The van der Waals surface area contributed by atoms with E-state index in [1.54, 1.807) is 13.8 Å². The number of hydrogen-bond donors (Lipinski definition) is 3. The molecule has 0 heterocycles. The van der Waals surface area contributed by atoms with Crippen LogP contribution in [0.15, 0.2) is 48.5 Å². The molecule has 3 rings (SSSR count). The van der Waals surface area contributed by atoms with E-state index in [9.17, 15) is 14.4 Å². The molecule has 158 valence electrons. The summed E-state index contributed by atoms with van der Waals surface area (Å²) in [6.07, 6.45) is -0.324. The van der Waals surface area contributed by atoms with Gasteiger partial charge in [-0.2, -0.15) is 0 Å². The van der Waals surface area contributed by atoms with Crippen molar-refractivity contribution in [2.45, 2.75) is 32.2 Å². The molecule has 2 atom stereocenters. The zero-order valence-corrected chi connectivity index (χ0v) is 17.1. The van der Waals surface area contributed by atoms with Crippen LogP contribution in [0.4, 0.5) is 4.79 Å². The number of carbonyl (C=O) groups excluding carboxylic acids is 2. The average Bonchev–Trinajstić information content (AvgIpc) is 3.07. The zero-order chi connectivity index (χ0) is 21.7. The van der Waals surface area contributed by atoms with Crippen molar-refractivity contribution < 1.29 is 24.2 Å². The van der Waals surface area contributed by atoms with Crippen molar-refractivity contribution in [2.24, 2.45) is 5.92 Å². The maximum absolute atomic E-state index is 12.2. The molecule has 0 bridgehead atoms. The summed E-state index contributed by atoms with van der Waals surface area (Å²) in [7, 11) is 0. The van der Waals surface area contributed by atoms with Gasteiger partial charge in [0.15, 0.2) is 0 Å². The Morgan fingerprint density at radius 1 is 1.03 bits per heavy atom. The third kappa shape index (κ3) is 4.62. The Bertz CT molecular complexity index is 897. The fourth-order valence-corrected chi connectivity index (χ4v) is 3.63. The largest absolute Gasteiger partial charge is 0.480 e. The van der Waals surface area contributed by atoms with Crippen LogP contribution in [0.1, 0.15) is 37.3 Å². The Kier molecular flexibility index (Phi) is 6.72. The second-order valence-electron chi connectivity index (χ2n) is 7.42. The van der Waals surface area contributed by atoms with Gasteiger partial charge in [-0.15, -0.1) is 0 Å². The lowest BCUT2D eigenvalue weighted by atomic mass is 9.98. The van der Waals surface area contributed by atoms with Crippen molar-refractivity contribution >= 4 is 18.0 Å². The Hall–Kier alpha value is -3.35. The van der Waals surface area contributed by atoms with Gasteiger partial charge in [0.1, 0.15) is 12.6 Å². The van der Waals surface area contributed by atoms with Gasteiger partial charge in [-0.25, -0.2) is 9.59 Å². The van der Waals surface area contributed by atoms with E-state index in [1.165, 1.54) is 0 Å². The van der Waals surface area contributed by atoms with Crippen molar-refractivity contribution in [1.82, 2.24) is 10.6 Å². The van der Waals surface area contributed by atoms with E-state index in [1.807, 2.05) is 36.4 Å². The van der Waals surface area contributed by atoms with Gasteiger partial charge in [0.2, 0.25) is 5.91 Å². The molecule has 2 aromatic carbocycles. The molecule has 30 heavy (non-hydrogen) atoms. The molecule has 0 radical (unpaired) electrons. The molecular weight excluding hydrogens is 384 g/mol. The van der Waals surface area contributed by atoms with Gasteiger partial charge < -0.3 is 20.5 Å². The van der Waals surface area contributed by atoms with Crippen LogP contribution in [0.2, 0.25) is 0 Å². The van der Waals surface area contributed by atoms with Crippen molar-refractivity contribution in [3.63, 3.8) is 0 Å². The van der Waals surface area contributed by atoms with Crippen molar-refractivity contribution in [3.8, 4) is 11.1 Å². The van der Waals surface area contributed by atoms with E-state index >= 15 is 0 Å². The van der Waals surface area contributed by atoms with Gasteiger partial charge in [0.05, 0.1) is 5.92 Å². The van der Waals surface area contributed by atoms with Gasteiger partial charge in [-0.05, 0) is 28.7 Å². The highest BCUT2D eigenvalue weighted by atomic mass is 16.5. The van der Waals surface area contributed by atoms with Crippen LogP contribution in [0.25, 0.3) is 11.1 Å². The number of aliphatic carboxylic acids is 1. The number of ether oxygens (including phenoxy) is 1. The maximum Gasteiger partial charge on any atom is 0.407 e. The van der Waals surface area contributed by atoms with Gasteiger partial charge >= 0.3 is 12.1 Å². The highest BCUT2D eigenvalue weighted by molar-refractivity contribution is 5.85. The number of carbonyl (C=O) groups is 3. The van der Waals surface area contributed by atoms with Gasteiger partial charge in [0, 0.05) is 12.5 Å². The Morgan fingerprint density at radius 2 is 1.60 bits per heavy atom. The van der Waals surface area contributed by atoms with Gasteiger partial charge in [0.25, 0.3) is 0 Å². The number of hydrogen-bond acceptors (Lipinski definition) is 4. The molecule has 0 aromatic heterocycles. The summed E-state index contributed by atoms with van der Waals surface area (Å²) in [6, 6.07) is 15.2. The minimum Gasteiger partial charge on any atom is -0.480 e. The molecule has 2 amide bonds. The zero-order valence-electron chi connectivity index (χ0n) is 17.1. The van der Waals surface area contributed by atoms with E-state index in [0.29, 0.717) is 0 Å². The number of nitrogens with one attached hydrogen (secondary N) is 2. The fraction of sp³-hybridized carbons (Fsp3) is 0.348. The number of carboxylic acid groups (broad SMARTS) is 1. The Morgan fingerprint density at radius 3 is 2.13 bits per heavy atom. The smallest absolute Gasteiger partial charge is 0.407 e. The molecule has 1 aliphatic carbocycles. The molecule has 0 fully saturated rings. The van der Waals surface area contributed by atoms with Crippen LogP contribution in [0, 0.1) is 5.92 Å².